The molecule has 0 saturated carbocycles. The van der Waals surface area contributed by atoms with Gasteiger partial charge in [-0.1, -0.05) is 0 Å². The molecule has 1 aliphatic heterocycles. The van der Waals surface area contributed by atoms with Gasteiger partial charge in [0.1, 0.15) is 18.0 Å². The third-order valence-electron chi connectivity index (χ3n) is 3.44. The van der Waals surface area contributed by atoms with Gasteiger partial charge in [-0.05, 0) is 25.2 Å². The highest BCUT2D eigenvalue weighted by atomic mass is 19.1. The molecule has 1 fully saturated rings. The summed E-state index contributed by atoms with van der Waals surface area (Å²) < 4.78 is 19.0. The predicted molar refractivity (Wildman–Crippen MR) is 75.2 cm³/mol. The van der Waals surface area contributed by atoms with Crippen LogP contribution in [0.15, 0.2) is 24.5 Å². The maximum Gasteiger partial charge on any atom is 0.137 e. The van der Waals surface area contributed by atoms with Crippen LogP contribution in [0.3, 0.4) is 0 Å². The van der Waals surface area contributed by atoms with Crippen LogP contribution in [0.2, 0.25) is 0 Å². The van der Waals surface area contributed by atoms with E-state index in [0.717, 1.165) is 25.2 Å². The molecule has 1 atom stereocenters. The number of ether oxygens (including phenoxy) is 1. The highest BCUT2D eigenvalue weighted by Crippen LogP contribution is 2.20. The van der Waals surface area contributed by atoms with Gasteiger partial charge in [0.2, 0.25) is 0 Å². The first-order valence-corrected chi connectivity index (χ1v) is 6.66. The van der Waals surface area contributed by atoms with Gasteiger partial charge >= 0.3 is 0 Å². The largest absolute Gasteiger partial charge is 0.374 e. The zero-order chi connectivity index (χ0) is 13.9. The number of nitrogens with one attached hydrogen (secondary N) is 1. The van der Waals surface area contributed by atoms with Crippen LogP contribution in [0.5, 0.6) is 0 Å². The lowest BCUT2D eigenvalue weighted by Gasteiger charge is -2.30. The van der Waals surface area contributed by atoms with Crippen molar-refractivity contribution in [1.82, 2.24) is 14.9 Å². The van der Waals surface area contributed by atoms with E-state index >= 15 is 0 Å². The molecule has 0 radical (unpaired) electrons. The Morgan fingerprint density at radius 1 is 1.45 bits per heavy atom. The summed E-state index contributed by atoms with van der Waals surface area (Å²) >= 11 is 0. The van der Waals surface area contributed by atoms with E-state index in [2.05, 4.69) is 27.2 Å². The second-order valence-electron chi connectivity index (χ2n) is 5.02. The summed E-state index contributed by atoms with van der Waals surface area (Å²) in [6, 6.07) is 4.51. The van der Waals surface area contributed by atoms with E-state index in [-0.39, 0.29) is 11.9 Å². The van der Waals surface area contributed by atoms with Crippen LogP contribution >= 0.6 is 0 Å². The molecule has 3 rings (SSSR count). The van der Waals surface area contributed by atoms with Gasteiger partial charge in [0.05, 0.1) is 18.2 Å². The molecule has 6 heteroatoms. The first kappa shape index (κ1) is 13.2. The van der Waals surface area contributed by atoms with Crippen molar-refractivity contribution < 1.29 is 9.13 Å². The average molecular weight is 276 g/mol. The average Bonchev–Trinajstić information content (AvgIpc) is 2.45. The third-order valence-corrected chi connectivity index (χ3v) is 3.44. The zero-order valence-corrected chi connectivity index (χ0v) is 11.3. The molecule has 0 aliphatic carbocycles. The van der Waals surface area contributed by atoms with Crippen LogP contribution in [0.4, 0.5) is 10.2 Å². The lowest BCUT2D eigenvalue weighted by atomic mass is 10.2. The monoisotopic (exact) mass is 276 g/mol. The van der Waals surface area contributed by atoms with Gasteiger partial charge in [-0.15, -0.1) is 0 Å². The highest BCUT2D eigenvalue weighted by molar-refractivity contribution is 5.88. The number of hydrogen-bond donors (Lipinski definition) is 1. The maximum atomic E-state index is 13.3. The van der Waals surface area contributed by atoms with Crippen molar-refractivity contribution in [2.45, 2.75) is 6.10 Å². The molecule has 2 heterocycles. The number of rotatable bonds is 3. The molecular formula is C14H17FN4O. The summed E-state index contributed by atoms with van der Waals surface area (Å²) in [5, 5.41) is 3.93. The van der Waals surface area contributed by atoms with E-state index in [0.29, 0.717) is 17.7 Å². The number of likely N-dealkylation sites (N-methyl/N-ethyl adjacent to an activating group) is 1. The van der Waals surface area contributed by atoms with Gasteiger partial charge in [0, 0.05) is 25.0 Å². The summed E-state index contributed by atoms with van der Waals surface area (Å²) in [5.41, 5.74) is 0.727. The van der Waals surface area contributed by atoms with Gasteiger partial charge in [-0.2, -0.15) is 0 Å². The summed E-state index contributed by atoms with van der Waals surface area (Å²) in [6.45, 7) is 3.22. The second-order valence-corrected chi connectivity index (χ2v) is 5.02. The predicted octanol–water partition coefficient (Wildman–Crippen LogP) is 1.51. The minimum Gasteiger partial charge on any atom is -0.374 e. The topological polar surface area (TPSA) is 50.3 Å². The van der Waals surface area contributed by atoms with E-state index in [1.807, 2.05) is 0 Å². The van der Waals surface area contributed by atoms with Crippen LogP contribution in [-0.4, -0.2) is 54.3 Å². The third kappa shape index (κ3) is 2.86. The Bertz CT molecular complexity index is 607. The Morgan fingerprint density at radius 3 is 3.20 bits per heavy atom. The van der Waals surface area contributed by atoms with Crippen LogP contribution in [0.25, 0.3) is 10.9 Å². The number of hydrogen-bond acceptors (Lipinski definition) is 5. The molecule has 20 heavy (non-hydrogen) atoms. The van der Waals surface area contributed by atoms with Crippen LogP contribution < -0.4 is 5.32 Å². The molecule has 1 unspecified atom stereocenters. The Balaban J connectivity index is 1.75. The number of anilines is 1. The fourth-order valence-electron chi connectivity index (χ4n) is 2.37. The fourth-order valence-corrected chi connectivity index (χ4v) is 2.37. The molecule has 1 saturated heterocycles. The molecule has 0 spiro atoms. The minimum atomic E-state index is -0.288. The van der Waals surface area contributed by atoms with E-state index < -0.39 is 0 Å². The summed E-state index contributed by atoms with van der Waals surface area (Å²) in [5.74, 6) is 0.357. The number of morpholine rings is 1. The SMILES string of the molecule is CN1CCOC(CNc2ncnc3ccc(F)cc23)C1. The van der Waals surface area contributed by atoms with Crippen LogP contribution in [0.1, 0.15) is 0 Å². The van der Waals surface area contributed by atoms with E-state index in [1.165, 1.54) is 18.5 Å². The fraction of sp³-hybridized carbons (Fsp3) is 0.429. The molecule has 2 aromatic rings. The van der Waals surface area contributed by atoms with E-state index in [4.69, 9.17) is 4.74 Å². The molecular weight excluding hydrogens is 259 g/mol. The van der Waals surface area contributed by atoms with Gasteiger partial charge in [-0.3, -0.25) is 0 Å². The number of benzene rings is 1. The Kier molecular flexibility index (Phi) is 3.75. The number of halogens is 1. The van der Waals surface area contributed by atoms with Crippen LogP contribution in [-0.2, 0) is 4.74 Å². The number of fused-ring (bicyclic) bond motifs is 1. The van der Waals surface area contributed by atoms with Gasteiger partial charge < -0.3 is 15.0 Å². The molecule has 0 bridgehead atoms. The Hall–Kier alpha value is -1.79. The standard InChI is InChI=1S/C14H17FN4O/c1-19-4-5-20-11(8-19)7-16-14-12-6-10(15)2-3-13(12)17-9-18-14/h2-3,6,9,11H,4-5,7-8H2,1H3,(H,16,17,18). The molecule has 0 amide bonds. The van der Waals surface area contributed by atoms with Gasteiger partial charge in [0.25, 0.3) is 0 Å². The lowest BCUT2D eigenvalue weighted by molar-refractivity contribution is -0.0117. The normalized spacial score (nSPS) is 20.2. The smallest absolute Gasteiger partial charge is 0.137 e. The zero-order valence-electron chi connectivity index (χ0n) is 11.3. The summed E-state index contributed by atoms with van der Waals surface area (Å²) in [7, 11) is 2.07. The molecule has 1 aliphatic rings. The second kappa shape index (κ2) is 5.68. The first-order valence-electron chi connectivity index (χ1n) is 6.66. The van der Waals surface area contributed by atoms with Crippen molar-refractivity contribution in [3.8, 4) is 0 Å². The van der Waals surface area contributed by atoms with Gasteiger partial charge in [-0.25, -0.2) is 14.4 Å². The van der Waals surface area contributed by atoms with Crippen molar-refractivity contribution in [1.29, 1.82) is 0 Å². The Morgan fingerprint density at radius 2 is 2.35 bits per heavy atom. The molecule has 1 aromatic heterocycles. The van der Waals surface area contributed by atoms with Crippen molar-refractivity contribution in [2.24, 2.45) is 0 Å². The van der Waals surface area contributed by atoms with Crippen molar-refractivity contribution in [3.63, 3.8) is 0 Å². The minimum absolute atomic E-state index is 0.118. The number of aromatic nitrogens is 2. The van der Waals surface area contributed by atoms with Crippen LogP contribution in [0, 0.1) is 5.82 Å². The van der Waals surface area contributed by atoms with Crippen molar-refractivity contribution in [3.05, 3.63) is 30.3 Å². The molecule has 1 aromatic carbocycles. The van der Waals surface area contributed by atoms with E-state index in [1.54, 1.807) is 6.07 Å². The Labute approximate surface area is 116 Å². The summed E-state index contributed by atoms with van der Waals surface area (Å²) in [6.07, 6.45) is 1.60. The molecule has 5 nitrogen and oxygen atoms in total. The molecule has 106 valence electrons. The van der Waals surface area contributed by atoms with Crippen molar-refractivity contribution in [2.75, 3.05) is 38.6 Å². The highest BCUT2D eigenvalue weighted by Gasteiger charge is 2.17. The van der Waals surface area contributed by atoms with Crippen molar-refractivity contribution >= 4 is 16.7 Å². The maximum absolute atomic E-state index is 13.3. The lowest BCUT2D eigenvalue weighted by Crippen LogP contribution is -2.43. The quantitative estimate of drug-likeness (QED) is 0.921. The van der Waals surface area contributed by atoms with E-state index in [9.17, 15) is 4.39 Å². The first-order chi connectivity index (χ1) is 9.72. The number of nitrogens with zero attached hydrogens (tertiary/aromatic N) is 3. The van der Waals surface area contributed by atoms with Gasteiger partial charge in [0.15, 0.2) is 0 Å². The summed E-state index contributed by atoms with van der Waals surface area (Å²) in [4.78, 5) is 10.6. The molecule has 1 N–H and O–H groups in total.